The summed E-state index contributed by atoms with van der Waals surface area (Å²) in [6.45, 7) is 20.0. The molecule has 0 spiro atoms. The first-order valence-corrected chi connectivity index (χ1v) is 15.5. The normalized spacial score (nSPS) is 13.6. The summed E-state index contributed by atoms with van der Waals surface area (Å²) in [5.74, 6) is -1.99. The van der Waals surface area contributed by atoms with Crippen molar-refractivity contribution in [3.63, 3.8) is 0 Å². The Labute approximate surface area is 268 Å². The van der Waals surface area contributed by atoms with E-state index in [1.54, 1.807) is 67.5 Å². The first-order valence-electron chi connectivity index (χ1n) is 15.5. The van der Waals surface area contributed by atoms with Gasteiger partial charge in [0.05, 0.1) is 0 Å². The van der Waals surface area contributed by atoms with Gasteiger partial charge in [-0.3, -0.25) is 9.59 Å². The number of amides is 3. The summed E-state index contributed by atoms with van der Waals surface area (Å²) in [6, 6.07) is 13.6. The van der Waals surface area contributed by atoms with Crippen molar-refractivity contribution < 1.29 is 28.7 Å². The second-order valence-electron chi connectivity index (χ2n) is 13.4. The van der Waals surface area contributed by atoms with Gasteiger partial charge in [0.25, 0.3) is 0 Å². The van der Waals surface area contributed by atoms with Crippen molar-refractivity contribution in [1.29, 1.82) is 0 Å². The largest absolute Gasteiger partial charge is 0.458 e. The Morgan fingerprint density at radius 3 is 1.91 bits per heavy atom. The van der Waals surface area contributed by atoms with Gasteiger partial charge in [-0.2, -0.15) is 0 Å². The molecule has 0 saturated carbocycles. The van der Waals surface area contributed by atoms with E-state index in [9.17, 15) is 19.2 Å². The number of carbonyl (C=O) groups excluding carboxylic acids is 4. The molecule has 3 unspecified atom stereocenters. The van der Waals surface area contributed by atoms with Gasteiger partial charge in [-0.1, -0.05) is 81.4 Å². The van der Waals surface area contributed by atoms with E-state index in [4.69, 9.17) is 9.47 Å². The molecule has 0 aliphatic heterocycles. The Hall–Kier alpha value is -4.14. The average molecular weight is 622 g/mol. The van der Waals surface area contributed by atoms with E-state index >= 15 is 0 Å². The molecule has 2 aromatic carbocycles. The van der Waals surface area contributed by atoms with Gasteiger partial charge in [0, 0.05) is 13.0 Å². The topological polar surface area (TPSA) is 114 Å². The molecule has 0 fully saturated rings. The fraction of sp³-hybridized carbons (Fsp3) is 0.500. The zero-order chi connectivity index (χ0) is 33.9. The van der Waals surface area contributed by atoms with Gasteiger partial charge in [0.2, 0.25) is 11.8 Å². The molecular weight excluding hydrogens is 570 g/mol. The molecule has 0 saturated heterocycles. The molecule has 3 atom stereocenters. The summed E-state index contributed by atoms with van der Waals surface area (Å²) in [7, 11) is 0. The fourth-order valence-electron chi connectivity index (χ4n) is 4.66. The molecule has 2 aromatic rings. The molecule has 2 rings (SSSR count). The highest BCUT2D eigenvalue weighted by molar-refractivity contribution is 5.94. The number of nitrogens with one attached hydrogen (secondary N) is 2. The minimum absolute atomic E-state index is 0.00145. The third-order valence-electron chi connectivity index (χ3n) is 6.77. The number of nitrogens with zero attached hydrogens (tertiary/aromatic N) is 1. The Morgan fingerprint density at radius 1 is 0.844 bits per heavy atom. The monoisotopic (exact) mass is 621 g/mol. The second-order valence-corrected chi connectivity index (χ2v) is 13.4. The smallest absolute Gasteiger partial charge is 0.408 e. The molecule has 2 N–H and O–H groups in total. The highest BCUT2D eigenvalue weighted by atomic mass is 16.6. The number of esters is 1. The van der Waals surface area contributed by atoms with Crippen molar-refractivity contribution in [3.05, 3.63) is 83.9 Å². The zero-order valence-electron chi connectivity index (χ0n) is 28.3. The lowest BCUT2D eigenvalue weighted by molar-refractivity contribution is -0.159. The first kappa shape index (κ1) is 37.0. The number of ether oxygens (including phenoxy) is 2. The molecule has 3 amide bonds. The second kappa shape index (κ2) is 16.3. The van der Waals surface area contributed by atoms with E-state index in [2.05, 4.69) is 17.2 Å². The van der Waals surface area contributed by atoms with Crippen LogP contribution in [-0.4, -0.2) is 58.6 Å². The van der Waals surface area contributed by atoms with Gasteiger partial charge in [-0.15, -0.1) is 6.58 Å². The maximum Gasteiger partial charge on any atom is 0.408 e. The molecule has 0 aliphatic carbocycles. The van der Waals surface area contributed by atoms with Gasteiger partial charge in [-0.25, -0.2) is 9.59 Å². The maximum atomic E-state index is 14.3. The van der Waals surface area contributed by atoms with Crippen LogP contribution in [0.2, 0.25) is 0 Å². The fourth-order valence-corrected chi connectivity index (χ4v) is 4.66. The van der Waals surface area contributed by atoms with Crippen LogP contribution in [0.4, 0.5) is 4.79 Å². The molecule has 0 radical (unpaired) electrons. The van der Waals surface area contributed by atoms with Crippen molar-refractivity contribution in [3.8, 4) is 0 Å². The minimum Gasteiger partial charge on any atom is -0.458 e. The van der Waals surface area contributed by atoms with Gasteiger partial charge >= 0.3 is 12.1 Å². The van der Waals surface area contributed by atoms with Gasteiger partial charge in [0.15, 0.2) is 0 Å². The molecule has 0 bridgehead atoms. The third-order valence-corrected chi connectivity index (χ3v) is 6.77. The highest BCUT2D eigenvalue weighted by Crippen LogP contribution is 2.25. The molecule has 0 aliphatic rings. The van der Waals surface area contributed by atoms with Crippen LogP contribution in [0.1, 0.15) is 85.0 Å². The predicted molar refractivity (Wildman–Crippen MR) is 176 cm³/mol. The minimum atomic E-state index is -1.15. The van der Waals surface area contributed by atoms with E-state index in [1.165, 1.54) is 11.0 Å². The molecular formula is C36H51N3O6. The molecule has 0 aromatic heterocycles. The number of hydrogen-bond acceptors (Lipinski definition) is 6. The van der Waals surface area contributed by atoms with Crippen molar-refractivity contribution in [2.24, 2.45) is 5.92 Å². The summed E-state index contributed by atoms with van der Waals surface area (Å²) in [5.41, 5.74) is 0.880. The predicted octanol–water partition coefficient (Wildman–Crippen LogP) is 5.92. The summed E-state index contributed by atoms with van der Waals surface area (Å²) >= 11 is 0. The molecule has 9 nitrogen and oxygen atoms in total. The van der Waals surface area contributed by atoms with E-state index in [1.807, 2.05) is 49.4 Å². The Morgan fingerprint density at radius 2 is 1.42 bits per heavy atom. The standard InChI is InChI=1S/C36H51N3O6/c1-11-22-39(32(41)29(24(3)4)38-34(43)45-36(8,9)10)30(27-20-18-25(12-2)19-21-27)31(40)37-28(33(42)44-35(5,6)7)23-26-16-14-13-15-17-26/h11,13-21,24,28-30H,1,12,22-23H2,2-10H3,(H,37,40)(H,38,43). The van der Waals surface area contributed by atoms with E-state index in [-0.39, 0.29) is 18.9 Å². The van der Waals surface area contributed by atoms with Crippen LogP contribution in [0, 0.1) is 5.92 Å². The summed E-state index contributed by atoms with van der Waals surface area (Å²) in [5, 5.41) is 5.60. The van der Waals surface area contributed by atoms with Crippen molar-refractivity contribution >= 4 is 23.9 Å². The Kier molecular flexibility index (Phi) is 13.4. The zero-order valence-corrected chi connectivity index (χ0v) is 28.3. The van der Waals surface area contributed by atoms with Crippen LogP contribution >= 0.6 is 0 Å². The molecule has 9 heteroatoms. The van der Waals surface area contributed by atoms with Crippen LogP contribution < -0.4 is 10.6 Å². The van der Waals surface area contributed by atoms with Gasteiger partial charge in [-0.05, 0) is 70.6 Å². The van der Waals surface area contributed by atoms with Crippen molar-refractivity contribution in [2.45, 2.75) is 104 Å². The van der Waals surface area contributed by atoms with E-state index in [0.717, 1.165) is 17.5 Å². The van der Waals surface area contributed by atoms with Crippen LogP contribution in [0.25, 0.3) is 0 Å². The van der Waals surface area contributed by atoms with Crippen LogP contribution in [0.5, 0.6) is 0 Å². The number of rotatable bonds is 13. The molecule has 45 heavy (non-hydrogen) atoms. The average Bonchev–Trinajstić information content (AvgIpc) is 2.94. The summed E-state index contributed by atoms with van der Waals surface area (Å²) in [4.78, 5) is 56.1. The number of carbonyl (C=O) groups is 4. The Bertz CT molecular complexity index is 1290. The Balaban J connectivity index is 2.58. The van der Waals surface area contributed by atoms with Gasteiger partial charge < -0.3 is 25.0 Å². The quantitative estimate of drug-likeness (QED) is 0.212. The van der Waals surface area contributed by atoms with Crippen LogP contribution in [0.3, 0.4) is 0 Å². The van der Waals surface area contributed by atoms with Crippen LogP contribution in [0.15, 0.2) is 67.3 Å². The number of hydrogen-bond donors (Lipinski definition) is 2. The summed E-state index contributed by atoms with van der Waals surface area (Å²) in [6.07, 6.45) is 1.76. The molecule has 0 heterocycles. The lowest BCUT2D eigenvalue weighted by Gasteiger charge is -2.35. The van der Waals surface area contributed by atoms with Crippen LogP contribution in [-0.2, 0) is 36.7 Å². The number of alkyl carbamates (subject to hydrolysis) is 1. The number of benzene rings is 2. The first-order chi connectivity index (χ1) is 21.0. The SMILES string of the molecule is C=CCN(C(=O)C(NC(=O)OC(C)(C)C)C(C)C)C(C(=O)NC(Cc1ccccc1)C(=O)OC(C)(C)C)c1ccc(CC)cc1. The highest BCUT2D eigenvalue weighted by Gasteiger charge is 2.39. The molecule has 246 valence electrons. The maximum absolute atomic E-state index is 14.3. The summed E-state index contributed by atoms with van der Waals surface area (Å²) < 4.78 is 11.1. The lowest BCUT2D eigenvalue weighted by Crippen LogP contribution is -2.56. The van der Waals surface area contributed by atoms with E-state index < -0.39 is 53.2 Å². The lowest BCUT2D eigenvalue weighted by atomic mass is 9.97. The van der Waals surface area contributed by atoms with E-state index in [0.29, 0.717) is 5.56 Å². The van der Waals surface area contributed by atoms with Crippen molar-refractivity contribution in [2.75, 3.05) is 6.54 Å². The third kappa shape index (κ3) is 12.0. The number of aryl methyl sites for hydroxylation is 1. The van der Waals surface area contributed by atoms with Gasteiger partial charge in [0.1, 0.15) is 29.3 Å². The van der Waals surface area contributed by atoms with Crippen molar-refractivity contribution in [1.82, 2.24) is 15.5 Å².